The number of amides is 2. The Bertz CT molecular complexity index is 892. The topological polar surface area (TPSA) is 58.2 Å². The molecule has 6 heteroatoms. The van der Waals surface area contributed by atoms with E-state index in [0.29, 0.717) is 5.56 Å². The number of hydrogen-bond acceptors (Lipinski definition) is 3. The van der Waals surface area contributed by atoms with E-state index in [2.05, 4.69) is 26.6 Å². The minimum absolute atomic E-state index is 0.134. The molecule has 0 bridgehead atoms. The first-order valence-electron chi connectivity index (χ1n) is 8.10. The van der Waals surface area contributed by atoms with E-state index < -0.39 is 0 Å². The maximum atomic E-state index is 12.2. The lowest BCUT2D eigenvalue weighted by Crippen LogP contribution is -2.27. The lowest BCUT2D eigenvalue weighted by Gasteiger charge is -2.10. The van der Waals surface area contributed by atoms with Crippen molar-refractivity contribution >= 4 is 44.8 Å². The van der Waals surface area contributed by atoms with Crippen LogP contribution in [0.1, 0.15) is 16.8 Å². The van der Waals surface area contributed by atoms with Gasteiger partial charge in [-0.3, -0.25) is 9.59 Å². The number of benzene rings is 2. The summed E-state index contributed by atoms with van der Waals surface area (Å²) in [5, 5.41) is 7.70. The number of rotatable bonds is 6. The van der Waals surface area contributed by atoms with Gasteiger partial charge >= 0.3 is 0 Å². The van der Waals surface area contributed by atoms with Gasteiger partial charge in [-0.25, -0.2) is 0 Å². The summed E-state index contributed by atoms with van der Waals surface area (Å²) >= 11 is 4.96. The summed E-state index contributed by atoms with van der Waals surface area (Å²) in [4.78, 5) is 25.4. The van der Waals surface area contributed by atoms with Gasteiger partial charge in [0.1, 0.15) is 0 Å². The molecule has 26 heavy (non-hydrogen) atoms. The Kier molecular flexibility index (Phi) is 6.20. The molecule has 0 aliphatic carbocycles. The maximum absolute atomic E-state index is 12.2. The second-order valence-electron chi connectivity index (χ2n) is 5.58. The molecule has 2 amide bonds. The van der Waals surface area contributed by atoms with Gasteiger partial charge in [0, 0.05) is 39.1 Å². The number of anilines is 1. The predicted molar refractivity (Wildman–Crippen MR) is 109 cm³/mol. The first kappa shape index (κ1) is 18.4. The molecule has 0 spiro atoms. The monoisotopic (exact) mass is 428 g/mol. The fourth-order valence-corrected chi connectivity index (χ4v) is 3.47. The Morgan fingerprint density at radius 2 is 1.73 bits per heavy atom. The van der Waals surface area contributed by atoms with Crippen LogP contribution < -0.4 is 10.6 Å². The normalized spacial score (nSPS) is 10.3. The van der Waals surface area contributed by atoms with Crippen molar-refractivity contribution in [3.63, 3.8) is 0 Å². The molecule has 0 saturated heterocycles. The van der Waals surface area contributed by atoms with Gasteiger partial charge in [0.15, 0.2) is 0 Å². The Morgan fingerprint density at radius 1 is 0.962 bits per heavy atom. The number of thiophene rings is 1. The molecule has 0 radical (unpaired) electrons. The summed E-state index contributed by atoms with van der Waals surface area (Å²) in [6, 6.07) is 18.8. The third kappa shape index (κ3) is 4.80. The molecule has 0 saturated carbocycles. The zero-order valence-electron chi connectivity index (χ0n) is 13.9. The molecule has 0 aliphatic heterocycles. The Balaban J connectivity index is 1.54. The highest BCUT2D eigenvalue weighted by molar-refractivity contribution is 9.10. The van der Waals surface area contributed by atoms with Crippen LogP contribution in [0.2, 0.25) is 0 Å². The summed E-state index contributed by atoms with van der Waals surface area (Å²) in [6.45, 7) is 0.280. The highest BCUT2D eigenvalue weighted by Crippen LogP contribution is 2.31. The SMILES string of the molecule is O=C(CCNC(=O)c1ccc(Br)cc1)Nc1ccccc1-c1cccs1. The number of halogens is 1. The second-order valence-corrected chi connectivity index (χ2v) is 7.45. The molecule has 1 heterocycles. The molecular formula is C20H17BrN2O2S. The summed E-state index contributed by atoms with van der Waals surface area (Å²) in [5.41, 5.74) is 2.34. The van der Waals surface area contributed by atoms with Gasteiger partial charge in [-0.2, -0.15) is 0 Å². The zero-order chi connectivity index (χ0) is 18.4. The van der Waals surface area contributed by atoms with Gasteiger partial charge in [0.05, 0.1) is 0 Å². The molecule has 0 unspecified atom stereocenters. The lowest BCUT2D eigenvalue weighted by atomic mass is 10.1. The van der Waals surface area contributed by atoms with E-state index in [1.807, 2.05) is 53.9 Å². The van der Waals surface area contributed by atoms with E-state index >= 15 is 0 Å². The third-order valence-corrected chi connectivity index (χ3v) is 5.16. The van der Waals surface area contributed by atoms with Crippen LogP contribution in [0.25, 0.3) is 10.4 Å². The average Bonchev–Trinajstić information content (AvgIpc) is 3.17. The van der Waals surface area contributed by atoms with E-state index in [1.165, 1.54) is 0 Å². The van der Waals surface area contributed by atoms with E-state index in [-0.39, 0.29) is 24.8 Å². The standard InChI is InChI=1S/C20H17BrN2O2S/c21-15-9-7-14(8-10-15)20(25)22-12-11-19(24)23-17-5-2-1-4-16(17)18-6-3-13-26-18/h1-10,13H,11-12H2,(H,22,25)(H,23,24). The number of nitrogens with one attached hydrogen (secondary N) is 2. The smallest absolute Gasteiger partial charge is 0.251 e. The summed E-state index contributed by atoms with van der Waals surface area (Å²) in [7, 11) is 0. The van der Waals surface area contributed by atoms with Crippen molar-refractivity contribution in [3.8, 4) is 10.4 Å². The van der Waals surface area contributed by atoms with Crippen LogP contribution in [0, 0.1) is 0 Å². The Labute approximate surface area is 164 Å². The molecule has 2 aromatic carbocycles. The Morgan fingerprint density at radius 3 is 2.46 bits per heavy atom. The number of hydrogen-bond donors (Lipinski definition) is 2. The van der Waals surface area contributed by atoms with Crippen molar-refractivity contribution in [2.75, 3.05) is 11.9 Å². The molecule has 3 rings (SSSR count). The molecule has 1 aromatic heterocycles. The van der Waals surface area contributed by atoms with E-state index in [0.717, 1.165) is 20.6 Å². The molecule has 3 aromatic rings. The fourth-order valence-electron chi connectivity index (χ4n) is 2.44. The predicted octanol–water partition coefficient (Wildman–Crippen LogP) is 4.94. The molecule has 132 valence electrons. The molecular weight excluding hydrogens is 412 g/mol. The van der Waals surface area contributed by atoms with Crippen molar-refractivity contribution in [1.29, 1.82) is 0 Å². The third-order valence-electron chi connectivity index (χ3n) is 3.73. The zero-order valence-corrected chi connectivity index (χ0v) is 16.3. The van der Waals surface area contributed by atoms with Crippen LogP contribution in [-0.2, 0) is 4.79 Å². The van der Waals surface area contributed by atoms with Gasteiger partial charge in [0.25, 0.3) is 5.91 Å². The van der Waals surface area contributed by atoms with Crippen molar-refractivity contribution in [3.05, 3.63) is 76.1 Å². The van der Waals surface area contributed by atoms with Gasteiger partial charge < -0.3 is 10.6 Å². The second kappa shape index (κ2) is 8.78. The molecule has 4 nitrogen and oxygen atoms in total. The molecule has 0 atom stereocenters. The van der Waals surface area contributed by atoms with Crippen LogP contribution in [0.15, 0.2) is 70.5 Å². The van der Waals surface area contributed by atoms with Gasteiger partial charge in [0.2, 0.25) is 5.91 Å². The summed E-state index contributed by atoms with van der Waals surface area (Å²) in [6.07, 6.45) is 0.209. The van der Waals surface area contributed by atoms with E-state index in [4.69, 9.17) is 0 Å². The Hall–Kier alpha value is -2.44. The fraction of sp³-hybridized carbons (Fsp3) is 0.100. The van der Waals surface area contributed by atoms with E-state index in [1.54, 1.807) is 23.5 Å². The van der Waals surface area contributed by atoms with Crippen molar-refractivity contribution < 1.29 is 9.59 Å². The number of carbonyl (C=O) groups excluding carboxylic acids is 2. The minimum atomic E-state index is -0.190. The first-order chi connectivity index (χ1) is 12.6. The van der Waals surface area contributed by atoms with Crippen molar-refractivity contribution in [2.24, 2.45) is 0 Å². The minimum Gasteiger partial charge on any atom is -0.352 e. The van der Waals surface area contributed by atoms with E-state index in [9.17, 15) is 9.59 Å². The van der Waals surface area contributed by atoms with Crippen molar-refractivity contribution in [1.82, 2.24) is 5.32 Å². The van der Waals surface area contributed by atoms with Crippen molar-refractivity contribution in [2.45, 2.75) is 6.42 Å². The first-order valence-corrected chi connectivity index (χ1v) is 9.77. The highest BCUT2D eigenvalue weighted by atomic mass is 79.9. The van der Waals surface area contributed by atoms with Gasteiger partial charge in [-0.1, -0.05) is 40.2 Å². The largest absolute Gasteiger partial charge is 0.352 e. The van der Waals surface area contributed by atoms with Crippen LogP contribution in [0.5, 0.6) is 0 Å². The number of carbonyl (C=O) groups is 2. The number of para-hydroxylation sites is 1. The van der Waals surface area contributed by atoms with Gasteiger partial charge in [-0.05, 0) is 41.8 Å². The quantitative estimate of drug-likeness (QED) is 0.584. The molecule has 2 N–H and O–H groups in total. The van der Waals surface area contributed by atoms with Gasteiger partial charge in [-0.15, -0.1) is 11.3 Å². The average molecular weight is 429 g/mol. The lowest BCUT2D eigenvalue weighted by molar-refractivity contribution is -0.116. The summed E-state index contributed by atoms with van der Waals surface area (Å²) in [5.74, 6) is -0.325. The maximum Gasteiger partial charge on any atom is 0.251 e. The van der Waals surface area contributed by atoms with Crippen LogP contribution in [-0.4, -0.2) is 18.4 Å². The van der Waals surface area contributed by atoms with Crippen LogP contribution >= 0.6 is 27.3 Å². The van der Waals surface area contributed by atoms with Crippen LogP contribution in [0.3, 0.4) is 0 Å². The highest BCUT2D eigenvalue weighted by Gasteiger charge is 2.10. The molecule has 0 aliphatic rings. The molecule has 0 fully saturated rings. The van der Waals surface area contributed by atoms with Crippen LogP contribution in [0.4, 0.5) is 5.69 Å². The summed E-state index contributed by atoms with van der Waals surface area (Å²) < 4.78 is 0.915.